The molecule has 1 aliphatic rings. The van der Waals surface area contributed by atoms with Crippen molar-refractivity contribution in [2.75, 3.05) is 11.4 Å². The lowest BCUT2D eigenvalue weighted by atomic mass is 10.0. The highest BCUT2D eigenvalue weighted by atomic mass is 16.2. The van der Waals surface area contributed by atoms with Crippen LogP contribution in [0.4, 0.5) is 10.5 Å². The molecule has 3 nitrogen and oxygen atoms in total. The number of benzene rings is 2. The Kier molecular flexibility index (Phi) is 3.42. The summed E-state index contributed by atoms with van der Waals surface area (Å²) in [6.07, 6.45) is 0.865. The first-order valence-corrected chi connectivity index (χ1v) is 7.35. The fraction of sp³-hybridized carbons (Fsp3) is 0.278. The second-order valence-electron chi connectivity index (χ2n) is 5.98. The number of hydrogen-bond acceptors (Lipinski definition) is 1. The molecule has 0 heterocycles. The van der Waals surface area contributed by atoms with Gasteiger partial charge < -0.3 is 5.73 Å². The van der Waals surface area contributed by atoms with Crippen molar-refractivity contribution in [1.82, 2.24) is 0 Å². The molecule has 2 aromatic rings. The number of carbonyl (C=O) groups excluding carboxylic acids is 1. The van der Waals surface area contributed by atoms with Gasteiger partial charge in [0, 0.05) is 18.7 Å². The van der Waals surface area contributed by atoms with Crippen LogP contribution in [0.5, 0.6) is 0 Å². The van der Waals surface area contributed by atoms with Gasteiger partial charge in [0.2, 0.25) is 0 Å². The highest BCUT2D eigenvalue weighted by Crippen LogP contribution is 2.41. The quantitative estimate of drug-likeness (QED) is 0.779. The van der Waals surface area contributed by atoms with Crippen LogP contribution in [0.15, 0.2) is 42.5 Å². The summed E-state index contributed by atoms with van der Waals surface area (Å²) in [6.45, 7) is 4.82. The number of anilines is 1. The summed E-state index contributed by atoms with van der Waals surface area (Å²) in [6, 6.07) is 14.2. The van der Waals surface area contributed by atoms with Gasteiger partial charge in [-0.3, -0.25) is 4.90 Å². The molecule has 0 aromatic heterocycles. The molecule has 0 saturated heterocycles. The van der Waals surface area contributed by atoms with E-state index in [9.17, 15) is 4.79 Å². The number of rotatable bonds is 3. The van der Waals surface area contributed by atoms with Crippen molar-refractivity contribution < 1.29 is 4.79 Å². The Bertz CT molecular complexity index is 691. The zero-order valence-corrected chi connectivity index (χ0v) is 12.5. The van der Waals surface area contributed by atoms with Crippen LogP contribution in [-0.4, -0.2) is 12.6 Å². The Hall–Kier alpha value is -2.29. The number of nitrogens with zero attached hydrogens (tertiary/aromatic N) is 1. The van der Waals surface area contributed by atoms with Gasteiger partial charge in [0.05, 0.1) is 0 Å². The molecule has 0 aliphatic heterocycles. The number of fused-ring (bicyclic) bond motifs is 3. The first kappa shape index (κ1) is 13.7. The van der Waals surface area contributed by atoms with Crippen molar-refractivity contribution in [3.05, 3.63) is 53.6 Å². The molecule has 3 rings (SSSR count). The Balaban J connectivity index is 2.09. The topological polar surface area (TPSA) is 46.3 Å². The number of hydrogen-bond donors (Lipinski definition) is 1. The summed E-state index contributed by atoms with van der Waals surface area (Å²) in [5, 5.41) is 0. The minimum Gasteiger partial charge on any atom is -0.351 e. The Morgan fingerprint density at radius 2 is 1.86 bits per heavy atom. The largest absolute Gasteiger partial charge is 0.351 e. The zero-order chi connectivity index (χ0) is 15.0. The maximum Gasteiger partial charge on any atom is 0.319 e. The number of amides is 2. The Labute approximate surface area is 125 Å². The van der Waals surface area contributed by atoms with E-state index < -0.39 is 0 Å². The van der Waals surface area contributed by atoms with E-state index >= 15 is 0 Å². The van der Waals surface area contributed by atoms with Crippen molar-refractivity contribution in [2.24, 2.45) is 11.7 Å². The molecule has 2 amide bonds. The van der Waals surface area contributed by atoms with Crippen LogP contribution in [0, 0.1) is 5.92 Å². The monoisotopic (exact) mass is 280 g/mol. The lowest BCUT2D eigenvalue weighted by Gasteiger charge is -2.25. The maximum absolute atomic E-state index is 11.9. The molecule has 0 spiro atoms. The molecular weight excluding hydrogens is 260 g/mol. The van der Waals surface area contributed by atoms with E-state index in [1.165, 1.54) is 22.3 Å². The van der Waals surface area contributed by atoms with Crippen LogP contribution in [0.1, 0.15) is 25.0 Å². The molecule has 108 valence electrons. The van der Waals surface area contributed by atoms with Crippen LogP contribution in [0.25, 0.3) is 11.1 Å². The summed E-state index contributed by atoms with van der Waals surface area (Å²) in [7, 11) is 0. The van der Waals surface area contributed by atoms with Gasteiger partial charge in [-0.1, -0.05) is 50.2 Å². The van der Waals surface area contributed by atoms with Crippen LogP contribution in [0.3, 0.4) is 0 Å². The predicted molar refractivity (Wildman–Crippen MR) is 86.5 cm³/mol. The van der Waals surface area contributed by atoms with Crippen LogP contribution < -0.4 is 10.6 Å². The molecule has 2 N–H and O–H groups in total. The average molecular weight is 280 g/mol. The molecule has 1 aliphatic carbocycles. The molecular formula is C18H20N2O. The van der Waals surface area contributed by atoms with E-state index in [4.69, 9.17) is 5.73 Å². The van der Waals surface area contributed by atoms with E-state index in [-0.39, 0.29) is 6.03 Å². The number of primary amides is 1. The summed E-state index contributed by atoms with van der Waals surface area (Å²) < 4.78 is 0. The van der Waals surface area contributed by atoms with Crippen molar-refractivity contribution in [1.29, 1.82) is 0 Å². The zero-order valence-electron chi connectivity index (χ0n) is 12.5. The van der Waals surface area contributed by atoms with Gasteiger partial charge >= 0.3 is 6.03 Å². The molecule has 0 bridgehead atoms. The van der Waals surface area contributed by atoms with Crippen molar-refractivity contribution >= 4 is 11.7 Å². The van der Waals surface area contributed by atoms with Crippen molar-refractivity contribution in [3.8, 4) is 11.1 Å². The molecule has 0 fully saturated rings. The molecule has 21 heavy (non-hydrogen) atoms. The van der Waals surface area contributed by atoms with Crippen molar-refractivity contribution in [2.45, 2.75) is 20.3 Å². The van der Waals surface area contributed by atoms with E-state index in [2.05, 4.69) is 44.2 Å². The third kappa shape index (κ3) is 2.40. The van der Waals surface area contributed by atoms with Gasteiger partial charge in [0.15, 0.2) is 0 Å². The number of carbonyl (C=O) groups is 1. The first-order valence-electron chi connectivity index (χ1n) is 7.35. The third-order valence-corrected chi connectivity index (χ3v) is 3.93. The summed E-state index contributed by atoms with van der Waals surface area (Å²) >= 11 is 0. The normalized spacial score (nSPS) is 12.1. The van der Waals surface area contributed by atoms with E-state index in [0.29, 0.717) is 12.5 Å². The first-order chi connectivity index (χ1) is 10.1. The van der Waals surface area contributed by atoms with Crippen LogP contribution in [0.2, 0.25) is 0 Å². The molecule has 0 radical (unpaired) electrons. The minimum atomic E-state index is -0.381. The minimum absolute atomic E-state index is 0.372. The maximum atomic E-state index is 11.9. The smallest absolute Gasteiger partial charge is 0.319 e. The second-order valence-corrected chi connectivity index (χ2v) is 5.98. The molecule has 3 heteroatoms. The second kappa shape index (κ2) is 5.24. The van der Waals surface area contributed by atoms with Crippen molar-refractivity contribution in [3.63, 3.8) is 0 Å². The molecule has 0 saturated carbocycles. The Morgan fingerprint density at radius 1 is 1.14 bits per heavy atom. The van der Waals surface area contributed by atoms with Gasteiger partial charge in [0.25, 0.3) is 0 Å². The van der Waals surface area contributed by atoms with Gasteiger partial charge in [-0.15, -0.1) is 0 Å². The Morgan fingerprint density at radius 3 is 2.57 bits per heavy atom. The lowest BCUT2D eigenvalue weighted by Crippen LogP contribution is -2.39. The van der Waals surface area contributed by atoms with Crippen LogP contribution >= 0.6 is 0 Å². The molecule has 0 unspecified atom stereocenters. The fourth-order valence-electron chi connectivity index (χ4n) is 3.07. The van der Waals surface area contributed by atoms with E-state index in [1.807, 2.05) is 12.1 Å². The van der Waals surface area contributed by atoms with E-state index in [0.717, 1.165) is 12.1 Å². The highest BCUT2D eigenvalue weighted by molar-refractivity contribution is 5.94. The van der Waals surface area contributed by atoms with Gasteiger partial charge in [-0.05, 0) is 34.2 Å². The lowest BCUT2D eigenvalue weighted by molar-refractivity contribution is 0.253. The summed E-state index contributed by atoms with van der Waals surface area (Å²) in [4.78, 5) is 13.6. The summed E-state index contributed by atoms with van der Waals surface area (Å²) in [5.74, 6) is 0.372. The van der Waals surface area contributed by atoms with Gasteiger partial charge in [-0.25, -0.2) is 4.79 Å². The number of nitrogens with two attached hydrogens (primary N) is 1. The third-order valence-electron chi connectivity index (χ3n) is 3.93. The van der Waals surface area contributed by atoms with E-state index in [1.54, 1.807) is 4.90 Å². The van der Waals surface area contributed by atoms with Gasteiger partial charge in [-0.2, -0.15) is 0 Å². The SMILES string of the molecule is CC(C)CN(C(N)=O)c1cccc2c1Cc1ccccc1-2. The highest BCUT2D eigenvalue weighted by Gasteiger charge is 2.25. The molecule has 0 atom stereocenters. The fourth-order valence-corrected chi connectivity index (χ4v) is 3.07. The van der Waals surface area contributed by atoms with Crippen LogP contribution in [-0.2, 0) is 6.42 Å². The summed E-state index contributed by atoms with van der Waals surface area (Å²) in [5.41, 5.74) is 11.6. The number of urea groups is 1. The average Bonchev–Trinajstić information content (AvgIpc) is 2.83. The molecule has 2 aromatic carbocycles. The predicted octanol–water partition coefficient (Wildman–Crippen LogP) is 3.80. The standard InChI is InChI=1S/C18H20N2O/c1-12(2)11-20(18(19)21)17-9-5-8-15-14-7-4-3-6-13(14)10-16(15)17/h3-9,12H,10-11H2,1-2H3,(H2,19,21). The van der Waals surface area contributed by atoms with Gasteiger partial charge in [0.1, 0.15) is 0 Å².